The molecule has 1 saturated heterocycles. The maximum atomic E-state index is 12.8. The van der Waals surface area contributed by atoms with Crippen LogP contribution in [-0.2, 0) is 0 Å². The monoisotopic (exact) mass is 477 g/mol. The summed E-state index contributed by atoms with van der Waals surface area (Å²) in [6.45, 7) is 7.68. The Morgan fingerprint density at radius 3 is 2.60 bits per heavy atom. The summed E-state index contributed by atoms with van der Waals surface area (Å²) in [6.07, 6.45) is 4.68. The van der Waals surface area contributed by atoms with Gasteiger partial charge in [0.25, 0.3) is 11.5 Å². The molecule has 1 atom stereocenters. The number of aromatic nitrogens is 3. The average Bonchev–Trinajstić information content (AvgIpc) is 2.89. The Kier molecular flexibility index (Phi) is 7.74. The molecule has 4 rings (SSSR count). The highest BCUT2D eigenvalue weighted by atomic mass is 16.3. The summed E-state index contributed by atoms with van der Waals surface area (Å²) in [5, 5.41) is 18.8. The number of nitrogens with zero attached hydrogens (tertiary/aromatic N) is 3. The molecule has 1 amide bonds. The lowest BCUT2D eigenvalue weighted by atomic mass is 10.1. The van der Waals surface area contributed by atoms with Gasteiger partial charge >= 0.3 is 0 Å². The number of hydrogen-bond donors (Lipinski definition) is 5. The van der Waals surface area contributed by atoms with Gasteiger partial charge in [0.05, 0.1) is 30.7 Å². The van der Waals surface area contributed by atoms with Crippen molar-refractivity contribution in [1.29, 1.82) is 0 Å². The topological polar surface area (TPSA) is 135 Å². The van der Waals surface area contributed by atoms with Gasteiger partial charge < -0.3 is 30.9 Å². The number of aliphatic hydroxyl groups excluding tert-OH is 1. The molecule has 0 radical (unpaired) electrons. The summed E-state index contributed by atoms with van der Waals surface area (Å²) in [7, 11) is 0. The van der Waals surface area contributed by atoms with Crippen molar-refractivity contribution in [3.05, 3.63) is 64.8 Å². The minimum Gasteiger partial charge on any atom is -0.394 e. The highest BCUT2D eigenvalue weighted by molar-refractivity contribution is 6.04. The van der Waals surface area contributed by atoms with Crippen molar-refractivity contribution in [2.24, 2.45) is 5.92 Å². The first kappa shape index (κ1) is 24.4. The molecular weight excluding hydrogens is 446 g/mol. The van der Waals surface area contributed by atoms with Crippen LogP contribution in [0.3, 0.4) is 0 Å². The second-order valence-electron chi connectivity index (χ2n) is 8.84. The van der Waals surface area contributed by atoms with Crippen molar-refractivity contribution in [3.63, 3.8) is 0 Å². The zero-order valence-electron chi connectivity index (χ0n) is 19.9. The summed E-state index contributed by atoms with van der Waals surface area (Å²) in [5.74, 6) is 0.339. The lowest BCUT2D eigenvalue weighted by Gasteiger charge is -2.29. The number of nitrogens with one attached hydrogen (secondary N) is 4. The Labute approximate surface area is 203 Å². The van der Waals surface area contributed by atoms with Crippen LogP contribution in [0.25, 0.3) is 11.3 Å². The molecule has 5 N–H and O–H groups in total. The Bertz CT molecular complexity index is 1200. The Balaban J connectivity index is 1.49. The van der Waals surface area contributed by atoms with E-state index in [0.717, 1.165) is 31.9 Å². The highest BCUT2D eigenvalue weighted by Gasteiger charge is 2.15. The summed E-state index contributed by atoms with van der Waals surface area (Å²) in [5.41, 5.74) is 2.34. The number of aromatic amines is 1. The number of pyridine rings is 1. The first-order valence-electron chi connectivity index (χ1n) is 11.7. The zero-order valence-corrected chi connectivity index (χ0v) is 19.9. The van der Waals surface area contributed by atoms with Gasteiger partial charge in [-0.1, -0.05) is 13.8 Å². The number of aliphatic hydroxyl groups is 1. The molecule has 1 aliphatic heterocycles. The van der Waals surface area contributed by atoms with Gasteiger partial charge in [-0.15, -0.1) is 0 Å². The van der Waals surface area contributed by atoms with Crippen molar-refractivity contribution >= 4 is 23.1 Å². The maximum Gasteiger partial charge on any atom is 0.271 e. The maximum absolute atomic E-state index is 12.8. The molecule has 0 unspecified atom stereocenters. The average molecular weight is 478 g/mol. The molecule has 3 heterocycles. The predicted octanol–water partition coefficient (Wildman–Crippen LogP) is 1.92. The number of piperazine rings is 1. The third-order valence-corrected chi connectivity index (χ3v) is 6.03. The molecule has 1 aliphatic rings. The van der Waals surface area contributed by atoms with Gasteiger partial charge in [-0.25, -0.2) is 4.98 Å². The number of H-pyrrole nitrogens is 1. The van der Waals surface area contributed by atoms with Gasteiger partial charge in [0.15, 0.2) is 0 Å². The van der Waals surface area contributed by atoms with Gasteiger partial charge in [0, 0.05) is 49.2 Å². The quantitative estimate of drug-likeness (QED) is 0.332. The second kappa shape index (κ2) is 11.1. The molecule has 1 fully saturated rings. The van der Waals surface area contributed by atoms with Gasteiger partial charge in [-0.2, -0.15) is 0 Å². The third kappa shape index (κ3) is 6.03. The van der Waals surface area contributed by atoms with E-state index >= 15 is 0 Å². The van der Waals surface area contributed by atoms with E-state index in [2.05, 4.69) is 35.8 Å². The first-order valence-corrected chi connectivity index (χ1v) is 11.7. The second-order valence-corrected chi connectivity index (χ2v) is 8.84. The smallest absolute Gasteiger partial charge is 0.271 e. The Morgan fingerprint density at radius 1 is 1.17 bits per heavy atom. The molecule has 3 aromatic rings. The molecule has 35 heavy (non-hydrogen) atoms. The van der Waals surface area contributed by atoms with Crippen LogP contribution in [0, 0.1) is 5.92 Å². The fourth-order valence-electron chi connectivity index (χ4n) is 3.85. The summed E-state index contributed by atoms with van der Waals surface area (Å²) in [6, 6.07) is 8.78. The van der Waals surface area contributed by atoms with Crippen LogP contribution in [-0.4, -0.2) is 64.8 Å². The van der Waals surface area contributed by atoms with E-state index in [0.29, 0.717) is 22.6 Å². The van der Waals surface area contributed by atoms with E-state index in [-0.39, 0.29) is 30.2 Å². The van der Waals surface area contributed by atoms with E-state index < -0.39 is 5.56 Å². The number of rotatable bonds is 8. The van der Waals surface area contributed by atoms with Crippen molar-refractivity contribution in [2.75, 3.05) is 48.3 Å². The van der Waals surface area contributed by atoms with Crippen LogP contribution >= 0.6 is 0 Å². The van der Waals surface area contributed by atoms with E-state index in [1.54, 1.807) is 30.6 Å². The predicted molar refractivity (Wildman–Crippen MR) is 137 cm³/mol. The van der Waals surface area contributed by atoms with Crippen LogP contribution in [0.2, 0.25) is 0 Å². The van der Waals surface area contributed by atoms with Gasteiger partial charge in [0.2, 0.25) is 0 Å². The molecule has 0 saturated carbocycles. The van der Waals surface area contributed by atoms with Crippen molar-refractivity contribution in [2.45, 2.75) is 19.9 Å². The Morgan fingerprint density at radius 2 is 1.91 bits per heavy atom. The van der Waals surface area contributed by atoms with Crippen LogP contribution in [0.1, 0.15) is 24.2 Å². The molecule has 1 aromatic carbocycles. The Hall–Kier alpha value is -3.76. The fraction of sp³-hybridized carbons (Fsp3) is 0.360. The number of hydrogen-bond acceptors (Lipinski definition) is 8. The number of carbonyl (C=O) groups excluding carboxylic acids is 1. The summed E-state index contributed by atoms with van der Waals surface area (Å²) < 4.78 is 0. The normalized spacial score (nSPS) is 14.6. The SMILES string of the molecule is CC(C)[C@@H](CO)Nc1cncc(-c2c[nH]c(=O)c(NC(=O)c3ccc(N4CCNCC4)cc3)c2)n1. The van der Waals surface area contributed by atoms with Crippen molar-refractivity contribution in [1.82, 2.24) is 20.3 Å². The zero-order chi connectivity index (χ0) is 24.8. The lowest BCUT2D eigenvalue weighted by molar-refractivity contribution is 0.102. The van der Waals surface area contributed by atoms with Crippen LogP contribution in [0.15, 0.2) is 53.7 Å². The molecular formula is C25H31N7O3. The van der Waals surface area contributed by atoms with Gasteiger partial charge in [0.1, 0.15) is 11.5 Å². The third-order valence-electron chi connectivity index (χ3n) is 6.03. The fourth-order valence-corrected chi connectivity index (χ4v) is 3.85. The van der Waals surface area contributed by atoms with Crippen molar-refractivity contribution in [3.8, 4) is 11.3 Å². The van der Waals surface area contributed by atoms with E-state index in [1.807, 2.05) is 26.0 Å². The standard InChI is InChI=1S/C25H31N7O3/c1-16(2)22(15-33)30-23-14-27-13-21(29-23)18-11-20(25(35)28-12-18)31-24(34)17-3-5-19(6-4-17)32-9-7-26-8-10-32/h3-6,11-14,16,22,26,33H,7-10,15H2,1-2H3,(H,28,35)(H,29,30)(H,31,34)/t22-/m1/s1. The highest BCUT2D eigenvalue weighted by Crippen LogP contribution is 2.21. The lowest BCUT2D eigenvalue weighted by Crippen LogP contribution is -2.43. The molecule has 10 nitrogen and oxygen atoms in total. The van der Waals surface area contributed by atoms with Crippen LogP contribution in [0.5, 0.6) is 0 Å². The number of amides is 1. The molecule has 0 bridgehead atoms. The number of benzene rings is 1. The summed E-state index contributed by atoms with van der Waals surface area (Å²) in [4.78, 5) is 38.9. The molecule has 10 heteroatoms. The summed E-state index contributed by atoms with van der Waals surface area (Å²) >= 11 is 0. The van der Waals surface area contributed by atoms with E-state index in [1.165, 1.54) is 6.20 Å². The minimum absolute atomic E-state index is 0.0331. The minimum atomic E-state index is -0.415. The number of anilines is 3. The molecule has 184 valence electrons. The van der Waals surface area contributed by atoms with Crippen LogP contribution < -0.4 is 26.4 Å². The first-order chi connectivity index (χ1) is 16.9. The molecule has 0 aliphatic carbocycles. The van der Waals surface area contributed by atoms with Gasteiger partial charge in [-0.3, -0.25) is 14.6 Å². The largest absolute Gasteiger partial charge is 0.394 e. The van der Waals surface area contributed by atoms with E-state index in [4.69, 9.17) is 0 Å². The van der Waals surface area contributed by atoms with Crippen molar-refractivity contribution < 1.29 is 9.90 Å². The molecule has 2 aromatic heterocycles. The van der Waals surface area contributed by atoms with Gasteiger partial charge in [-0.05, 0) is 36.2 Å². The molecule has 0 spiro atoms. The van der Waals surface area contributed by atoms with Crippen LogP contribution in [0.4, 0.5) is 17.2 Å². The van der Waals surface area contributed by atoms with E-state index in [9.17, 15) is 14.7 Å². The number of carbonyl (C=O) groups is 1.